The molecule has 5 heteroatoms. The minimum Gasteiger partial charge on any atom is -0.297 e. The Bertz CT molecular complexity index is 1020. The molecule has 0 spiro atoms. The molecule has 26 heavy (non-hydrogen) atoms. The number of rotatable bonds is 4. The fourth-order valence-electron chi connectivity index (χ4n) is 2.54. The molecule has 4 nitrogen and oxygen atoms in total. The summed E-state index contributed by atoms with van der Waals surface area (Å²) in [7, 11) is 0. The van der Waals surface area contributed by atoms with Gasteiger partial charge in [-0.2, -0.15) is 5.26 Å². The van der Waals surface area contributed by atoms with E-state index in [0.29, 0.717) is 11.0 Å². The molecule has 1 heterocycles. The van der Waals surface area contributed by atoms with Crippen molar-refractivity contribution in [3.63, 3.8) is 0 Å². The summed E-state index contributed by atoms with van der Waals surface area (Å²) in [4.78, 5) is 16.8. The van der Waals surface area contributed by atoms with E-state index in [9.17, 15) is 10.1 Å². The molecule has 1 aromatic heterocycles. The Morgan fingerprint density at radius 1 is 1.23 bits per heavy atom. The van der Waals surface area contributed by atoms with E-state index in [4.69, 9.17) is 0 Å². The van der Waals surface area contributed by atoms with Crippen LogP contribution in [0.15, 0.2) is 48.0 Å². The SMILES string of the molecule is Cc1ccc2nc(NC(=O)/C(C#N)=C/c3ccc(C(C)C)cc3)sc2c1. The van der Waals surface area contributed by atoms with Gasteiger partial charge in [-0.15, -0.1) is 0 Å². The maximum absolute atomic E-state index is 12.4. The third-order valence-corrected chi connectivity index (χ3v) is 4.98. The minimum atomic E-state index is -0.448. The molecule has 1 amide bonds. The van der Waals surface area contributed by atoms with Crippen molar-refractivity contribution in [3.05, 3.63) is 64.7 Å². The number of carbonyl (C=O) groups is 1. The van der Waals surface area contributed by atoms with Gasteiger partial charge in [0.25, 0.3) is 5.91 Å². The van der Waals surface area contributed by atoms with Crippen LogP contribution in [0.3, 0.4) is 0 Å². The van der Waals surface area contributed by atoms with Crippen LogP contribution in [0.4, 0.5) is 5.13 Å². The average molecular weight is 361 g/mol. The molecule has 130 valence electrons. The number of hydrogen-bond acceptors (Lipinski definition) is 4. The number of hydrogen-bond donors (Lipinski definition) is 1. The predicted octanol–water partition coefficient (Wildman–Crippen LogP) is 5.27. The first-order valence-electron chi connectivity index (χ1n) is 8.36. The maximum Gasteiger partial charge on any atom is 0.268 e. The second-order valence-electron chi connectivity index (χ2n) is 6.44. The first kappa shape index (κ1) is 17.8. The molecular formula is C21H19N3OS. The van der Waals surface area contributed by atoms with Gasteiger partial charge >= 0.3 is 0 Å². The third-order valence-electron chi connectivity index (χ3n) is 4.04. The highest BCUT2D eigenvalue weighted by atomic mass is 32.1. The van der Waals surface area contributed by atoms with Gasteiger partial charge in [0, 0.05) is 0 Å². The van der Waals surface area contributed by atoms with Crippen LogP contribution in [0, 0.1) is 18.3 Å². The van der Waals surface area contributed by atoms with Crippen molar-refractivity contribution >= 4 is 38.7 Å². The van der Waals surface area contributed by atoms with Gasteiger partial charge in [-0.25, -0.2) is 4.98 Å². The highest BCUT2D eigenvalue weighted by Crippen LogP contribution is 2.27. The smallest absolute Gasteiger partial charge is 0.268 e. The highest BCUT2D eigenvalue weighted by molar-refractivity contribution is 7.22. The number of carbonyl (C=O) groups excluding carboxylic acids is 1. The molecule has 2 aromatic carbocycles. The summed E-state index contributed by atoms with van der Waals surface area (Å²) >= 11 is 1.40. The lowest BCUT2D eigenvalue weighted by Crippen LogP contribution is -2.13. The number of anilines is 1. The average Bonchev–Trinajstić information content (AvgIpc) is 3.01. The van der Waals surface area contributed by atoms with E-state index in [1.165, 1.54) is 16.9 Å². The molecule has 1 N–H and O–H groups in total. The predicted molar refractivity (Wildman–Crippen MR) is 107 cm³/mol. The van der Waals surface area contributed by atoms with Crippen LogP contribution in [0.1, 0.15) is 36.5 Å². The van der Waals surface area contributed by atoms with Gasteiger partial charge < -0.3 is 0 Å². The second-order valence-corrected chi connectivity index (χ2v) is 7.47. The number of amides is 1. The van der Waals surface area contributed by atoms with Gasteiger partial charge in [0.1, 0.15) is 11.6 Å². The zero-order chi connectivity index (χ0) is 18.7. The van der Waals surface area contributed by atoms with E-state index in [1.807, 2.05) is 55.5 Å². The molecule has 3 aromatic rings. The van der Waals surface area contributed by atoms with E-state index >= 15 is 0 Å². The summed E-state index contributed by atoms with van der Waals surface area (Å²) in [6, 6.07) is 15.8. The van der Waals surface area contributed by atoms with E-state index < -0.39 is 5.91 Å². The largest absolute Gasteiger partial charge is 0.297 e. The number of thiazole rings is 1. The van der Waals surface area contributed by atoms with E-state index in [1.54, 1.807) is 6.08 Å². The zero-order valence-corrected chi connectivity index (χ0v) is 15.7. The second kappa shape index (κ2) is 7.51. The van der Waals surface area contributed by atoms with Gasteiger partial charge in [0.2, 0.25) is 0 Å². The van der Waals surface area contributed by atoms with Gasteiger partial charge in [-0.1, -0.05) is 55.5 Å². The van der Waals surface area contributed by atoms with Crippen molar-refractivity contribution in [2.75, 3.05) is 5.32 Å². The van der Waals surface area contributed by atoms with Crippen molar-refractivity contribution < 1.29 is 4.79 Å². The summed E-state index contributed by atoms with van der Waals surface area (Å²) in [5, 5.41) is 12.6. The van der Waals surface area contributed by atoms with Crippen LogP contribution in [0.2, 0.25) is 0 Å². The van der Waals surface area contributed by atoms with Crippen molar-refractivity contribution in [2.45, 2.75) is 26.7 Å². The molecule has 0 saturated carbocycles. The molecular weight excluding hydrogens is 342 g/mol. The molecule has 3 rings (SSSR count). The van der Waals surface area contributed by atoms with Crippen LogP contribution in [-0.4, -0.2) is 10.9 Å². The maximum atomic E-state index is 12.4. The van der Waals surface area contributed by atoms with Gasteiger partial charge in [0.05, 0.1) is 10.2 Å². The van der Waals surface area contributed by atoms with Crippen LogP contribution in [0.5, 0.6) is 0 Å². The monoisotopic (exact) mass is 361 g/mol. The van der Waals surface area contributed by atoms with Crippen LogP contribution < -0.4 is 5.32 Å². The fourth-order valence-corrected chi connectivity index (χ4v) is 3.50. The Hall–Kier alpha value is -2.97. The number of benzene rings is 2. The third kappa shape index (κ3) is 3.98. The highest BCUT2D eigenvalue weighted by Gasteiger charge is 2.12. The number of aromatic nitrogens is 1. The Morgan fingerprint density at radius 2 is 1.96 bits per heavy atom. The summed E-state index contributed by atoms with van der Waals surface area (Å²) < 4.78 is 1.01. The fraction of sp³-hybridized carbons (Fsp3) is 0.190. The summed E-state index contributed by atoms with van der Waals surface area (Å²) in [6.45, 7) is 6.26. The molecule has 0 unspecified atom stereocenters. The number of nitrogens with one attached hydrogen (secondary N) is 1. The number of nitriles is 1. The first-order valence-corrected chi connectivity index (χ1v) is 9.18. The Morgan fingerprint density at radius 3 is 2.62 bits per heavy atom. The quantitative estimate of drug-likeness (QED) is 0.508. The van der Waals surface area contributed by atoms with Crippen LogP contribution in [0.25, 0.3) is 16.3 Å². The lowest BCUT2D eigenvalue weighted by Gasteiger charge is -2.05. The minimum absolute atomic E-state index is 0.0535. The van der Waals surface area contributed by atoms with E-state index in [0.717, 1.165) is 21.3 Å². The van der Waals surface area contributed by atoms with Gasteiger partial charge in [-0.3, -0.25) is 10.1 Å². The van der Waals surface area contributed by atoms with Crippen molar-refractivity contribution in [3.8, 4) is 6.07 Å². The molecule has 0 aliphatic heterocycles. The molecule has 0 saturated heterocycles. The molecule has 0 aliphatic rings. The van der Waals surface area contributed by atoms with Crippen molar-refractivity contribution in [1.29, 1.82) is 5.26 Å². The van der Waals surface area contributed by atoms with E-state index in [-0.39, 0.29) is 5.57 Å². The molecule has 0 fully saturated rings. The summed E-state index contributed by atoms with van der Waals surface area (Å²) in [5.74, 6) is -0.00866. The Labute approximate surface area is 156 Å². The Kier molecular flexibility index (Phi) is 5.15. The lowest BCUT2D eigenvalue weighted by atomic mass is 10.0. The van der Waals surface area contributed by atoms with Crippen LogP contribution >= 0.6 is 11.3 Å². The lowest BCUT2D eigenvalue weighted by molar-refractivity contribution is -0.112. The summed E-state index contributed by atoms with van der Waals surface area (Å²) in [6.07, 6.45) is 1.59. The molecule has 0 radical (unpaired) electrons. The summed E-state index contributed by atoms with van der Waals surface area (Å²) in [5.41, 5.74) is 4.07. The first-order chi connectivity index (χ1) is 12.5. The van der Waals surface area contributed by atoms with Gasteiger partial charge in [0.15, 0.2) is 5.13 Å². The van der Waals surface area contributed by atoms with Crippen molar-refractivity contribution in [2.24, 2.45) is 0 Å². The zero-order valence-electron chi connectivity index (χ0n) is 14.9. The van der Waals surface area contributed by atoms with E-state index in [2.05, 4.69) is 24.1 Å². The number of fused-ring (bicyclic) bond motifs is 1. The number of nitrogens with zero attached hydrogens (tertiary/aromatic N) is 2. The molecule has 0 aliphatic carbocycles. The number of aryl methyl sites for hydroxylation is 1. The Balaban J connectivity index is 1.80. The van der Waals surface area contributed by atoms with Crippen molar-refractivity contribution in [1.82, 2.24) is 4.98 Å². The normalized spacial score (nSPS) is 11.6. The molecule has 0 atom stereocenters. The van der Waals surface area contributed by atoms with Gasteiger partial charge in [-0.05, 0) is 47.7 Å². The topological polar surface area (TPSA) is 65.8 Å². The van der Waals surface area contributed by atoms with Crippen LogP contribution in [-0.2, 0) is 4.79 Å². The molecule has 0 bridgehead atoms. The standard InChI is InChI=1S/C21H19N3OS/c1-13(2)16-7-5-15(6-8-16)11-17(12-22)20(25)24-21-23-18-9-4-14(3)10-19(18)26-21/h4-11,13H,1-3H3,(H,23,24,25)/b17-11+.